The van der Waals surface area contributed by atoms with Crippen molar-refractivity contribution in [3.05, 3.63) is 54.6 Å². The first-order chi connectivity index (χ1) is 13.4. The van der Waals surface area contributed by atoms with Crippen LogP contribution in [0.3, 0.4) is 0 Å². The third kappa shape index (κ3) is 3.93. The number of carbonyl (C=O) groups is 1. The van der Waals surface area contributed by atoms with Crippen molar-refractivity contribution in [2.24, 2.45) is 0 Å². The zero-order chi connectivity index (χ0) is 19.8. The van der Waals surface area contributed by atoms with E-state index in [1.807, 2.05) is 59.2 Å². The number of amides is 1. The quantitative estimate of drug-likeness (QED) is 0.648. The van der Waals surface area contributed by atoms with Crippen molar-refractivity contribution < 1.29 is 13.2 Å². The molecule has 28 heavy (non-hydrogen) atoms. The number of thioether (sulfide) groups is 1. The van der Waals surface area contributed by atoms with Gasteiger partial charge in [-0.05, 0) is 37.6 Å². The van der Waals surface area contributed by atoms with E-state index in [4.69, 9.17) is 0 Å². The molecule has 0 spiro atoms. The summed E-state index contributed by atoms with van der Waals surface area (Å²) in [5.41, 5.74) is 2.14. The molecule has 1 aliphatic rings. The van der Waals surface area contributed by atoms with Gasteiger partial charge in [-0.25, -0.2) is 13.4 Å². The lowest BCUT2D eigenvalue weighted by Gasteiger charge is -2.23. The number of rotatable bonds is 5. The summed E-state index contributed by atoms with van der Waals surface area (Å²) < 4.78 is 25.5. The highest BCUT2D eigenvalue weighted by Crippen LogP contribution is 2.28. The molecule has 0 radical (unpaired) electrons. The number of hydrogen-bond donors (Lipinski definition) is 1. The Hall–Kier alpha value is -2.32. The summed E-state index contributed by atoms with van der Waals surface area (Å²) in [6.45, 7) is 1.79. The highest BCUT2D eigenvalue weighted by atomic mass is 32.2. The van der Waals surface area contributed by atoms with Crippen molar-refractivity contribution in [1.29, 1.82) is 0 Å². The van der Waals surface area contributed by atoms with E-state index < -0.39 is 15.4 Å². The maximum Gasteiger partial charge on any atom is 0.230 e. The fourth-order valence-electron chi connectivity index (χ4n) is 3.54. The summed E-state index contributed by atoms with van der Waals surface area (Å²) in [4.78, 5) is 17.2. The van der Waals surface area contributed by atoms with E-state index in [0.717, 1.165) is 21.9 Å². The van der Waals surface area contributed by atoms with Gasteiger partial charge in [0.2, 0.25) is 5.91 Å². The first-order valence-corrected chi connectivity index (χ1v) is 11.8. The lowest BCUT2D eigenvalue weighted by Crippen LogP contribution is -2.47. The summed E-state index contributed by atoms with van der Waals surface area (Å²) in [6, 6.07) is 17.7. The van der Waals surface area contributed by atoms with Crippen LogP contribution >= 0.6 is 11.8 Å². The van der Waals surface area contributed by atoms with Gasteiger partial charge in [0.05, 0.1) is 33.8 Å². The number of carbonyl (C=O) groups excluding carboxylic acids is 1. The van der Waals surface area contributed by atoms with Crippen LogP contribution in [0.4, 0.5) is 0 Å². The lowest BCUT2D eigenvalue weighted by atomic mass is 10.0. The Balaban J connectivity index is 1.55. The second kappa shape index (κ2) is 7.25. The fourth-order valence-corrected chi connectivity index (χ4v) is 6.46. The largest absolute Gasteiger partial charge is 0.349 e. The second-order valence-corrected chi connectivity index (χ2v) is 10.4. The summed E-state index contributed by atoms with van der Waals surface area (Å²) in [6.07, 6.45) is 0.453. The number of sulfone groups is 1. The fraction of sp³-hybridized carbons (Fsp3) is 0.300. The third-order valence-electron chi connectivity index (χ3n) is 4.82. The topological polar surface area (TPSA) is 81.1 Å². The Morgan fingerprint density at radius 2 is 1.89 bits per heavy atom. The third-order valence-corrected chi connectivity index (χ3v) is 7.66. The average Bonchev–Trinajstić information content (AvgIpc) is 3.16. The molecule has 1 saturated heterocycles. The molecule has 1 aromatic heterocycles. The predicted molar refractivity (Wildman–Crippen MR) is 112 cm³/mol. The lowest BCUT2D eigenvalue weighted by molar-refractivity contribution is -0.120. The zero-order valence-corrected chi connectivity index (χ0v) is 17.1. The molecule has 6 nitrogen and oxygen atoms in total. The van der Waals surface area contributed by atoms with E-state index in [1.165, 1.54) is 11.8 Å². The number of aromatic nitrogens is 2. The Morgan fingerprint density at radius 1 is 1.18 bits per heavy atom. The molecule has 1 N–H and O–H groups in total. The maximum atomic E-state index is 12.5. The SMILES string of the molecule is C[C@@]1(NC(=O)CSc2nc3ccccc3n2-c2ccccc2)CCS(=O)(=O)C1. The standard InChI is InChI=1S/C20H21N3O3S2/c1-20(11-12-28(25,26)14-20)22-18(24)13-27-19-21-16-9-5-6-10-17(16)23(19)15-7-3-2-4-8-15/h2-10H,11-14H2,1H3,(H,22,24)/t20-/m1/s1. The number of nitrogens with one attached hydrogen (secondary N) is 1. The summed E-state index contributed by atoms with van der Waals surface area (Å²) in [5, 5.41) is 3.63. The second-order valence-electron chi connectivity index (χ2n) is 7.29. The van der Waals surface area contributed by atoms with Crippen LogP contribution in [-0.4, -0.2) is 46.7 Å². The molecule has 1 amide bonds. The van der Waals surface area contributed by atoms with E-state index in [9.17, 15) is 13.2 Å². The van der Waals surface area contributed by atoms with Crippen LogP contribution in [0.25, 0.3) is 16.7 Å². The van der Waals surface area contributed by atoms with E-state index >= 15 is 0 Å². The number of nitrogens with zero attached hydrogens (tertiary/aromatic N) is 2. The zero-order valence-electron chi connectivity index (χ0n) is 15.5. The van der Waals surface area contributed by atoms with Crippen LogP contribution < -0.4 is 5.32 Å². The normalized spacial score (nSPS) is 21.0. The van der Waals surface area contributed by atoms with Gasteiger partial charge in [0, 0.05) is 5.69 Å². The molecule has 4 rings (SSSR count). The number of para-hydroxylation sites is 3. The molecule has 0 bridgehead atoms. The molecule has 1 fully saturated rings. The minimum absolute atomic E-state index is 0.00106. The van der Waals surface area contributed by atoms with Crippen molar-refractivity contribution in [2.45, 2.75) is 24.0 Å². The van der Waals surface area contributed by atoms with Crippen molar-refractivity contribution in [2.75, 3.05) is 17.3 Å². The first kappa shape index (κ1) is 19.0. The predicted octanol–water partition coefficient (Wildman–Crippen LogP) is 2.81. The van der Waals surface area contributed by atoms with E-state index in [-0.39, 0.29) is 23.2 Å². The Morgan fingerprint density at radius 3 is 2.61 bits per heavy atom. The molecule has 1 aliphatic heterocycles. The summed E-state index contributed by atoms with van der Waals surface area (Å²) in [7, 11) is -3.06. The molecule has 3 aromatic rings. The minimum atomic E-state index is -3.06. The first-order valence-electron chi connectivity index (χ1n) is 9.02. The van der Waals surface area contributed by atoms with Crippen LogP contribution in [0.15, 0.2) is 59.8 Å². The monoisotopic (exact) mass is 415 g/mol. The molecule has 2 heterocycles. The van der Waals surface area contributed by atoms with Crippen molar-refractivity contribution in [1.82, 2.24) is 14.9 Å². The average molecular weight is 416 g/mol. The van der Waals surface area contributed by atoms with Crippen LogP contribution in [0, 0.1) is 0 Å². The molecular weight excluding hydrogens is 394 g/mol. The van der Waals surface area contributed by atoms with Crippen molar-refractivity contribution in [3.63, 3.8) is 0 Å². The highest BCUT2D eigenvalue weighted by molar-refractivity contribution is 7.99. The van der Waals surface area contributed by atoms with Gasteiger partial charge in [0.1, 0.15) is 0 Å². The molecule has 146 valence electrons. The number of benzene rings is 2. The maximum absolute atomic E-state index is 12.5. The highest BCUT2D eigenvalue weighted by Gasteiger charge is 2.39. The Labute approximate surface area is 168 Å². The summed E-state index contributed by atoms with van der Waals surface area (Å²) in [5.74, 6) is 0.113. The molecule has 0 saturated carbocycles. The van der Waals surface area contributed by atoms with Gasteiger partial charge in [-0.3, -0.25) is 9.36 Å². The van der Waals surface area contributed by atoms with Gasteiger partial charge < -0.3 is 5.32 Å². The van der Waals surface area contributed by atoms with Gasteiger partial charge >= 0.3 is 0 Å². The molecule has 0 aliphatic carbocycles. The summed E-state index contributed by atoms with van der Waals surface area (Å²) >= 11 is 1.35. The van der Waals surface area contributed by atoms with Crippen LogP contribution in [0.2, 0.25) is 0 Å². The molecule has 8 heteroatoms. The van der Waals surface area contributed by atoms with Gasteiger partial charge in [0.15, 0.2) is 15.0 Å². The van der Waals surface area contributed by atoms with E-state index in [2.05, 4.69) is 10.3 Å². The van der Waals surface area contributed by atoms with Gasteiger partial charge in [-0.2, -0.15) is 0 Å². The van der Waals surface area contributed by atoms with E-state index in [1.54, 1.807) is 6.92 Å². The van der Waals surface area contributed by atoms with Gasteiger partial charge in [-0.15, -0.1) is 0 Å². The van der Waals surface area contributed by atoms with E-state index in [0.29, 0.717) is 6.42 Å². The van der Waals surface area contributed by atoms with Gasteiger partial charge in [0.25, 0.3) is 0 Å². The van der Waals surface area contributed by atoms with Crippen molar-refractivity contribution >= 4 is 38.5 Å². The Bertz CT molecular complexity index is 1130. The smallest absolute Gasteiger partial charge is 0.230 e. The number of hydrogen-bond acceptors (Lipinski definition) is 5. The number of fused-ring (bicyclic) bond motifs is 1. The van der Waals surface area contributed by atoms with Crippen LogP contribution in [0.5, 0.6) is 0 Å². The molecule has 1 atom stereocenters. The van der Waals surface area contributed by atoms with Gasteiger partial charge in [-0.1, -0.05) is 42.1 Å². The molecular formula is C20H21N3O3S2. The van der Waals surface area contributed by atoms with Crippen LogP contribution in [-0.2, 0) is 14.6 Å². The van der Waals surface area contributed by atoms with Crippen LogP contribution in [0.1, 0.15) is 13.3 Å². The minimum Gasteiger partial charge on any atom is -0.349 e. The number of imidazole rings is 1. The molecule has 0 unspecified atom stereocenters. The van der Waals surface area contributed by atoms with Crippen molar-refractivity contribution in [3.8, 4) is 5.69 Å². The molecule has 2 aromatic carbocycles. The Kier molecular flexibility index (Phi) is 4.93.